The van der Waals surface area contributed by atoms with Crippen molar-refractivity contribution in [3.05, 3.63) is 95.6 Å². The van der Waals surface area contributed by atoms with Crippen LogP contribution in [0.15, 0.2) is 78.9 Å². The monoisotopic (exact) mass is 570 g/mol. The van der Waals surface area contributed by atoms with Crippen LogP contribution in [-0.4, -0.2) is 61.3 Å². The zero-order valence-electron chi connectivity index (χ0n) is 23.5. The highest BCUT2D eigenvalue weighted by atomic mass is 32.2. The number of benzene rings is 3. The molecule has 1 N–H and O–H groups in total. The van der Waals surface area contributed by atoms with E-state index < -0.39 is 0 Å². The number of amides is 2. The molecule has 0 radical (unpaired) electrons. The lowest BCUT2D eigenvalue weighted by atomic mass is 9.99. The molecule has 8 nitrogen and oxygen atoms in total. The van der Waals surface area contributed by atoms with Crippen LogP contribution in [0.25, 0.3) is 16.9 Å². The van der Waals surface area contributed by atoms with Crippen molar-refractivity contribution in [2.75, 3.05) is 44.6 Å². The van der Waals surface area contributed by atoms with Gasteiger partial charge in [0.2, 0.25) is 11.8 Å². The van der Waals surface area contributed by atoms with Crippen molar-refractivity contribution in [1.29, 1.82) is 0 Å². The van der Waals surface area contributed by atoms with Crippen molar-refractivity contribution in [3.63, 3.8) is 0 Å². The van der Waals surface area contributed by atoms with Crippen LogP contribution in [0.1, 0.15) is 28.4 Å². The second kappa shape index (κ2) is 13.1. The van der Waals surface area contributed by atoms with Crippen LogP contribution in [0.2, 0.25) is 0 Å². The number of carbonyl (C=O) groups excluding carboxylic acids is 2. The summed E-state index contributed by atoms with van der Waals surface area (Å²) in [4.78, 5) is 28.6. The van der Waals surface area contributed by atoms with Crippen molar-refractivity contribution < 1.29 is 19.1 Å². The zero-order valence-corrected chi connectivity index (χ0v) is 24.3. The quantitative estimate of drug-likeness (QED) is 0.265. The van der Waals surface area contributed by atoms with Gasteiger partial charge in [0.05, 0.1) is 29.5 Å². The molecule has 0 unspecified atom stereocenters. The maximum Gasteiger partial charge on any atom is 0.240 e. The molecule has 5 rings (SSSR count). The number of methoxy groups -OCH3 is 2. The SMILES string of the molecule is COCCCNC(=O)CN1C(=O)CS[C@H](c2ccccc2OC)c2c(-c3ccccc3)nn(-c3ccc(C)cc3)c21. The van der Waals surface area contributed by atoms with Gasteiger partial charge in [0.25, 0.3) is 0 Å². The molecule has 2 amide bonds. The number of aromatic nitrogens is 2. The van der Waals surface area contributed by atoms with Gasteiger partial charge in [-0.1, -0.05) is 66.2 Å². The average molecular weight is 571 g/mol. The van der Waals surface area contributed by atoms with Crippen molar-refractivity contribution in [2.45, 2.75) is 18.6 Å². The zero-order chi connectivity index (χ0) is 28.8. The van der Waals surface area contributed by atoms with E-state index in [1.54, 1.807) is 19.1 Å². The molecule has 2 heterocycles. The molecule has 0 bridgehead atoms. The first kappa shape index (κ1) is 28.4. The van der Waals surface area contributed by atoms with Crippen LogP contribution in [0.4, 0.5) is 5.82 Å². The lowest BCUT2D eigenvalue weighted by Gasteiger charge is -2.23. The number of nitrogens with one attached hydrogen (secondary N) is 1. The molecule has 0 fully saturated rings. The predicted molar refractivity (Wildman–Crippen MR) is 163 cm³/mol. The van der Waals surface area contributed by atoms with Crippen LogP contribution in [0, 0.1) is 6.92 Å². The molecule has 4 aromatic rings. The van der Waals surface area contributed by atoms with E-state index in [4.69, 9.17) is 14.6 Å². The van der Waals surface area contributed by atoms with Crippen molar-refractivity contribution in [1.82, 2.24) is 15.1 Å². The summed E-state index contributed by atoms with van der Waals surface area (Å²) in [6, 6.07) is 25.8. The summed E-state index contributed by atoms with van der Waals surface area (Å²) < 4.78 is 12.7. The maximum absolute atomic E-state index is 13.8. The normalized spacial score (nSPS) is 14.9. The molecular formula is C32H34N4O4S. The number of nitrogens with zero attached hydrogens (tertiary/aromatic N) is 3. The van der Waals surface area contributed by atoms with Gasteiger partial charge in [-0.05, 0) is 31.5 Å². The second-order valence-electron chi connectivity index (χ2n) is 9.81. The Morgan fingerprint density at radius 2 is 1.76 bits per heavy atom. The molecule has 1 atom stereocenters. The van der Waals surface area contributed by atoms with Crippen LogP contribution >= 0.6 is 11.8 Å². The van der Waals surface area contributed by atoms with Crippen molar-refractivity contribution in [3.8, 4) is 22.7 Å². The summed E-state index contributed by atoms with van der Waals surface area (Å²) in [5, 5.41) is 7.80. The molecule has 1 aliphatic heterocycles. The lowest BCUT2D eigenvalue weighted by molar-refractivity contribution is -0.122. The molecule has 0 aliphatic carbocycles. The fourth-order valence-electron chi connectivity index (χ4n) is 4.97. The summed E-state index contributed by atoms with van der Waals surface area (Å²) >= 11 is 1.52. The number of anilines is 1. The van der Waals surface area contributed by atoms with E-state index in [1.165, 1.54) is 11.8 Å². The molecular weight excluding hydrogens is 536 g/mol. The number of fused-ring (bicyclic) bond motifs is 1. The maximum atomic E-state index is 13.8. The fourth-order valence-corrected chi connectivity index (χ4v) is 6.19. The summed E-state index contributed by atoms with van der Waals surface area (Å²) in [6.07, 6.45) is 0.687. The summed E-state index contributed by atoms with van der Waals surface area (Å²) in [5.74, 6) is 1.12. The van der Waals surface area contributed by atoms with Gasteiger partial charge in [0.1, 0.15) is 18.1 Å². The third-order valence-corrected chi connectivity index (χ3v) is 8.22. The minimum absolute atomic E-state index is 0.121. The van der Waals surface area contributed by atoms with Gasteiger partial charge >= 0.3 is 0 Å². The van der Waals surface area contributed by atoms with E-state index in [9.17, 15) is 9.59 Å². The smallest absolute Gasteiger partial charge is 0.240 e. The van der Waals surface area contributed by atoms with Gasteiger partial charge in [0.15, 0.2) is 0 Å². The van der Waals surface area contributed by atoms with Crippen LogP contribution in [0.5, 0.6) is 5.75 Å². The molecule has 41 heavy (non-hydrogen) atoms. The number of carbonyl (C=O) groups is 2. The standard InChI is InChI=1S/C32H34N4O4S/c1-22-14-16-24(17-15-22)36-32-29(30(34-36)23-10-5-4-6-11-23)31(25-12-7-8-13-26(25)40-3)41-21-28(38)35(32)20-27(37)33-18-9-19-39-2/h4-8,10-17,31H,9,18-21H2,1-3H3,(H,33,37)/t31-/m1/s1. The van der Waals surface area contributed by atoms with E-state index in [2.05, 4.69) is 5.32 Å². The predicted octanol–water partition coefficient (Wildman–Crippen LogP) is 5.18. The minimum Gasteiger partial charge on any atom is -0.496 e. The highest BCUT2D eigenvalue weighted by Gasteiger charge is 2.38. The Balaban J connectivity index is 1.72. The molecule has 0 spiro atoms. The van der Waals surface area contributed by atoms with E-state index in [0.29, 0.717) is 25.4 Å². The highest BCUT2D eigenvalue weighted by Crippen LogP contribution is 2.50. The Kier molecular flexibility index (Phi) is 9.06. The number of hydrogen-bond donors (Lipinski definition) is 1. The van der Waals surface area contributed by atoms with Gasteiger partial charge in [-0.25, -0.2) is 4.68 Å². The third kappa shape index (κ3) is 6.16. The van der Waals surface area contributed by atoms with E-state index >= 15 is 0 Å². The lowest BCUT2D eigenvalue weighted by Crippen LogP contribution is -2.42. The molecule has 0 saturated heterocycles. The first-order valence-corrected chi connectivity index (χ1v) is 14.6. The molecule has 1 aliphatic rings. The number of para-hydroxylation sites is 1. The Labute approximate surface area is 244 Å². The first-order chi connectivity index (χ1) is 20.0. The Morgan fingerprint density at radius 3 is 2.49 bits per heavy atom. The van der Waals surface area contributed by atoms with Gasteiger partial charge in [0, 0.05) is 37.0 Å². The van der Waals surface area contributed by atoms with Crippen molar-refractivity contribution in [2.24, 2.45) is 0 Å². The van der Waals surface area contributed by atoms with Crippen molar-refractivity contribution >= 4 is 29.4 Å². The second-order valence-corrected chi connectivity index (χ2v) is 10.9. The Bertz CT molecular complexity index is 1500. The third-order valence-electron chi connectivity index (χ3n) is 6.99. The topological polar surface area (TPSA) is 85.7 Å². The molecule has 3 aromatic carbocycles. The number of thioether (sulfide) groups is 1. The van der Waals surface area contributed by atoms with Gasteiger partial charge in [-0.3, -0.25) is 14.5 Å². The first-order valence-electron chi connectivity index (χ1n) is 13.6. The summed E-state index contributed by atoms with van der Waals surface area (Å²) in [6.45, 7) is 2.92. The highest BCUT2D eigenvalue weighted by molar-refractivity contribution is 8.00. The Morgan fingerprint density at radius 1 is 1.02 bits per heavy atom. The number of rotatable bonds is 10. The largest absolute Gasteiger partial charge is 0.496 e. The number of aryl methyl sites for hydroxylation is 1. The number of ether oxygens (including phenoxy) is 2. The van der Waals surface area contributed by atoms with Gasteiger partial charge in [-0.2, -0.15) is 5.10 Å². The van der Waals surface area contributed by atoms with Crippen LogP contribution < -0.4 is 15.0 Å². The average Bonchev–Trinajstić information content (AvgIpc) is 3.33. The fraction of sp³-hybridized carbons (Fsp3) is 0.281. The summed E-state index contributed by atoms with van der Waals surface area (Å²) in [7, 11) is 3.28. The minimum atomic E-state index is -0.269. The van der Waals surface area contributed by atoms with Crippen LogP contribution in [0.3, 0.4) is 0 Å². The Hall–Kier alpha value is -4.08. The molecule has 212 valence electrons. The molecule has 1 aromatic heterocycles. The van der Waals surface area contributed by atoms with Gasteiger partial charge in [-0.15, -0.1) is 11.8 Å². The van der Waals surface area contributed by atoms with E-state index in [1.807, 2.05) is 90.5 Å². The molecule has 9 heteroatoms. The van der Waals surface area contributed by atoms with Gasteiger partial charge < -0.3 is 14.8 Å². The number of hydrogen-bond acceptors (Lipinski definition) is 6. The summed E-state index contributed by atoms with van der Waals surface area (Å²) in [5.41, 5.74) is 5.40. The van der Waals surface area contributed by atoms with E-state index in [0.717, 1.165) is 39.4 Å². The van der Waals surface area contributed by atoms with E-state index in [-0.39, 0.29) is 29.4 Å². The molecule has 0 saturated carbocycles. The van der Waals surface area contributed by atoms with Crippen LogP contribution in [-0.2, 0) is 14.3 Å².